The lowest BCUT2D eigenvalue weighted by Gasteiger charge is -2.08. The Balaban J connectivity index is 2.04. The second-order valence-electron chi connectivity index (χ2n) is 4.14. The third-order valence-corrected chi connectivity index (χ3v) is 4.24. The highest BCUT2D eigenvalue weighted by molar-refractivity contribution is 9.10. The maximum Gasteiger partial charge on any atom is 0.251 e. The number of benzene rings is 1. The summed E-state index contributed by atoms with van der Waals surface area (Å²) < 4.78 is 6.40. The van der Waals surface area contributed by atoms with Gasteiger partial charge in [-0.25, -0.2) is 0 Å². The van der Waals surface area contributed by atoms with E-state index in [-0.39, 0.29) is 5.91 Å². The van der Waals surface area contributed by atoms with Gasteiger partial charge in [-0.15, -0.1) is 11.3 Å². The summed E-state index contributed by atoms with van der Waals surface area (Å²) in [7, 11) is 0. The van der Waals surface area contributed by atoms with Gasteiger partial charge in [-0.1, -0.05) is 0 Å². The van der Waals surface area contributed by atoms with Crippen LogP contribution < -0.4 is 15.8 Å². The molecule has 0 saturated carbocycles. The van der Waals surface area contributed by atoms with Crippen molar-refractivity contribution in [3.8, 4) is 5.75 Å². The predicted octanol–water partition coefficient (Wildman–Crippen LogP) is 3.42. The Morgan fingerprint density at radius 1 is 1.40 bits per heavy atom. The minimum atomic E-state index is -0.164. The monoisotopic (exact) mass is 354 g/mol. The summed E-state index contributed by atoms with van der Waals surface area (Å²) in [6, 6.07) is 7.02. The van der Waals surface area contributed by atoms with E-state index in [4.69, 9.17) is 10.5 Å². The molecule has 0 aliphatic carbocycles. The molecule has 3 N–H and O–H groups in total. The highest BCUT2D eigenvalue weighted by Crippen LogP contribution is 2.21. The molecule has 4 nitrogen and oxygen atoms in total. The molecule has 2 rings (SSSR count). The number of nitrogen functional groups attached to an aromatic ring is 1. The van der Waals surface area contributed by atoms with Crippen molar-refractivity contribution in [1.29, 1.82) is 0 Å². The van der Waals surface area contributed by atoms with Crippen LogP contribution in [0.2, 0.25) is 0 Å². The lowest BCUT2D eigenvalue weighted by molar-refractivity contribution is 0.0951. The molecule has 106 valence electrons. The van der Waals surface area contributed by atoms with E-state index < -0.39 is 0 Å². The third-order valence-electron chi connectivity index (χ3n) is 2.55. The lowest BCUT2D eigenvalue weighted by Crippen LogP contribution is -2.22. The summed E-state index contributed by atoms with van der Waals surface area (Å²) in [4.78, 5) is 13.2. The molecule has 2 aromatic rings. The van der Waals surface area contributed by atoms with E-state index >= 15 is 0 Å². The van der Waals surface area contributed by atoms with Crippen molar-refractivity contribution < 1.29 is 9.53 Å². The first-order valence-electron chi connectivity index (χ1n) is 6.13. The highest BCUT2D eigenvalue weighted by Gasteiger charge is 2.09. The fraction of sp³-hybridized carbons (Fsp3) is 0.214. The fourth-order valence-electron chi connectivity index (χ4n) is 1.72. The van der Waals surface area contributed by atoms with Gasteiger partial charge in [0.2, 0.25) is 0 Å². The molecule has 0 bridgehead atoms. The van der Waals surface area contributed by atoms with Crippen molar-refractivity contribution in [3.05, 3.63) is 44.6 Å². The molecule has 0 radical (unpaired) electrons. The SMILES string of the molecule is CCOc1cc(N)cc(C(=O)NCc2cc(Br)cs2)c1. The van der Waals surface area contributed by atoms with Crippen molar-refractivity contribution in [2.75, 3.05) is 12.3 Å². The van der Waals surface area contributed by atoms with Crippen LogP contribution in [0, 0.1) is 0 Å². The Hall–Kier alpha value is -1.53. The number of carbonyl (C=O) groups is 1. The number of rotatable bonds is 5. The highest BCUT2D eigenvalue weighted by atomic mass is 79.9. The van der Waals surface area contributed by atoms with Gasteiger partial charge in [0.15, 0.2) is 0 Å². The molecule has 0 spiro atoms. The molecule has 1 aromatic carbocycles. The van der Waals surface area contributed by atoms with Crippen LogP contribution in [-0.2, 0) is 6.54 Å². The normalized spacial score (nSPS) is 10.3. The van der Waals surface area contributed by atoms with Crippen molar-refractivity contribution in [3.63, 3.8) is 0 Å². The Bertz CT molecular complexity index is 613. The second kappa shape index (κ2) is 6.76. The number of amides is 1. The molecule has 0 aliphatic heterocycles. The maximum atomic E-state index is 12.1. The first-order valence-corrected chi connectivity index (χ1v) is 7.80. The fourth-order valence-corrected chi connectivity index (χ4v) is 3.11. The van der Waals surface area contributed by atoms with Crippen molar-refractivity contribution in [1.82, 2.24) is 5.32 Å². The van der Waals surface area contributed by atoms with E-state index in [0.717, 1.165) is 9.35 Å². The van der Waals surface area contributed by atoms with Gasteiger partial charge >= 0.3 is 0 Å². The number of carbonyl (C=O) groups excluding carboxylic acids is 1. The molecule has 0 saturated heterocycles. The average Bonchev–Trinajstić information content (AvgIpc) is 2.81. The standard InChI is InChI=1S/C14H15BrN2O2S/c1-2-19-12-4-9(3-11(16)6-12)14(18)17-7-13-5-10(15)8-20-13/h3-6,8H,2,7,16H2,1H3,(H,17,18). The van der Waals surface area contributed by atoms with Crippen LogP contribution in [0.4, 0.5) is 5.69 Å². The van der Waals surface area contributed by atoms with E-state index in [1.165, 1.54) is 0 Å². The molecule has 1 amide bonds. The minimum absolute atomic E-state index is 0.164. The smallest absolute Gasteiger partial charge is 0.251 e. The van der Waals surface area contributed by atoms with E-state index in [0.29, 0.717) is 30.2 Å². The van der Waals surface area contributed by atoms with Crippen LogP contribution in [0.1, 0.15) is 22.2 Å². The molecular formula is C14H15BrN2O2S. The topological polar surface area (TPSA) is 64.3 Å². The Morgan fingerprint density at radius 3 is 2.85 bits per heavy atom. The number of hydrogen-bond donors (Lipinski definition) is 2. The number of halogens is 1. The van der Waals surface area contributed by atoms with Gasteiger partial charge in [-0.2, -0.15) is 0 Å². The molecule has 6 heteroatoms. The summed E-state index contributed by atoms with van der Waals surface area (Å²) >= 11 is 4.98. The summed E-state index contributed by atoms with van der Waals surface area (Å²) in [5.41, 5.74) is 6.79. The van der Waals surface area contributed by atoms with Crippen molar-refractivity contribution in [2.24, 2.45) is 0 Å². The number of nitrogens with two attached hydrogens (primary N) is 1. The molecule has 0 fully saturated rings. The molecule has 0 aliphatic rings. The molecule has 1 heterocycles. The predicted molar refractivity (Wildman–Crippen MR) is 85.2 cm³/mol. The van der Waals surface area contributed by atoms with Gasteiger partial charge in [-0.3, -0.25) is 4.79 Å². The summed E-state index contributed by atoms with van der Waals surface area (Å²) in [6.07, 6.45) is 0. The van der Waals surface area contributed by atoms with E-state index in [2.05, 4.69) is 21.2 Å². The zero-order chi connectivity index (χ0) is 14.5. The Labute approximate surface area is 130 Å². The van der Waals surface area contributed by atoms with Gasteiger partial charge in [0.1, 0.15) is 5.75 Å². The Kier molecular flexibility index (Phi) is 5.03. The van der Waals surface area contributed by atoms with Crippen LogP contribution in [-0.4, -0.2) is 12.5 Å². The first kappa shape index (κ1) is 14.9. The van der Waals surface area contributed by atoms with Crippen LogP contribution in [0.3, 0.4) is 0 Å². The van der Waals surface area contributed by atoms with Gasteiger partial charge in [0.05, 0.1) is 13.2 Å². The lowest BCUT2D eigenvalue weighted by atomic mass is 10.1. The first-order chi connectivity index (χ1) is 9.58. The third kappa shape index (κ3) is 3.98. The Morgan fingerprint density at radius 2 is 2.20 bits per heavy atom. The zero-order valence-corrected chi connectivity index (χ0v) is 13.4. The summed E-state index contributed by atoms with van der Waals surface area (Å²) in [5.74, 6) is 0.444. The van der Waals surface area contributed by atoms with Gasteiger partial charge in [0, 0.05) is 32.0 Å². The number of nitrogens with one attached hydrogen (secondary N) is 1. The van der Waals surface area contributed by atoms with Crippen LogP contribution in [0.5, 0.6) is 5.75 Å². The maximum absolute atomic E-state index is 12.1. The summed E-state index contributed by atoms with van der Waals surface area (Å²) in [6.45, 7) is 2.92. The minimum Gasteiger partial charge on any atom is -0.494 e. The second-order valence-corrected chi connectivity index (χ2v) is 6.05. The quantitative estimate of drug-likeness (QED) is 0.808. The average molecular weight is 355 g/mol. The van der Waals surface area contributed by atoms with Crippen LogP contribution in [0.25, 0.3) is 0 Å². The number of thiophene rings is 1. The molecular weight excluding hydrogens is 340 g/mol. The van der Waals surface area contributed by atoms with E-state index in [1.54, 1.807) is 29.5 Å². The van der Waals surface area contributed by atoms with E-state index in [1.807, 2.05) is 18.4 Å². The summed E-state index contributed by atoms with van der Waals surface area (Å²) in [5, 5.41) is 4.85. The van der Waals surface area contributed by atoms with Crippen LogP contribution >= 0.6 is 27.3 Å². The molecule has 0 atom stereocenters. The van der Waals surface area contributed by atoms with E-state index in [9.17, 15) is 4.79 Å². The molecule has 1 aromatic heterocycles. The van der Waals surface area contributed by atoms with Crippen molar-refractivity contribution >= 4 is 38.9 Å². The molecule has 20 heavy (non-hydrogen) atoms. The molecule has 0 unspecified atom stereocenters. The van der Waals surface area contributed by atoms with Gasteiger partial charge < -0.3 is 15.8 Å². The number of ether oxygens (including phenoxy) is 1. The van der Waals surface area contributed by atoms with Crippen molar-refractivity contribution in [2.45, 2.75) is 13.5 Å². The number of anilines is 1. The zero-order valence-electron chi connectivity index (χ0n) is 11.0. The van der Waals surface area contributed by atoms with Gasteiger partial charge in [0.25, 0.3) is 5.91 Å². The number of hydrogen-bond acceptors (Lipinski definition) is 4. The van der Waals surface area contributed by atoms with Crippen LogP contribution in [0.15, 0.2) is 34.1 Å². The largest absolute Gasteiger partial charge is 0.494 e. The van der Waals surface area contributed by atoms with Gasteiger partial charge in [-0.05, 0) is 41.1 Å².